The van der Waals surface area contributed by atoms with Crippen molar-refractivity contribution in [1.29, 1.82) is 0 Å². The van der Waals surface area contributed by atoms with Crippen LogP contribution in [0.5, 0.6) is 0 Å². The first kappa shape index (κ1) is 20.6. The molecule has 2 N–H and O–H groups in total. The van der Waals surface area contributed by atoms with Crippen molar-refractivity contribution in [2.24, 2.45) is 0 Å². The van der Waals surface area contributed by atoms with Gasteiger partial charge in [-0.3, -0.25) is 9.11 Å². The van der Waals surface area contributed by atoms with Gasteiger partial charge in [0.15, 0.2) is 5.65 Å². The van der Waals surface area contributed by atoms with Crippen LogP contribution in [0, 0.1) is 6.92 Å². The van der Waals surface area contributed by atoms with E-state index in [1.807, 2.05) is 12.1 Å². The monoisotopic (exact) mass is 417 g/mol. The van der Waals surface area contributed by atoms with Crippen molar-refractivity contribution in [3.05, 3.63) is 65.5 Å². The molecule has 4 rings (SSSR count). The molecule has 0 amide bonds. The zero-order valence-electron chi connectivity index (χ0n) is 17.0. The Labute approximate surface area is 180 Å². The lowest BCUT2D eigenvalue weighted by atomic mass is 9.94. The molecular formula is C22H24BN5OS. The highest BCUT2D eigenvalue weighted by Crippen LogP contribution is 2.25. The molecule has 1 aliphatic heterocycles. The normalized spacial score (nSPS) is 16.2. The van der Waals surface area contributed by atoms with Crippen LogP contribution in [0.2, 0.25) is 0 Å². The minimum atomic E-state index is -0.728. The Kier molecular flexibility index (Phi) is 5.88. The number of hydrogen-bond donors (Lipinski definition) is 1. The first-order chi connectivity index (χ1) is 14.5. The van der Waals surface area contributed by atoms with Gasteiger partial charge in [-0.05, 0) is 35.2 Å². The maximum Gasteiger partial charge on any atom is 0.165 e. The van der Waals surface area contributed by atoms with Gasteiger partial charge in [0.05, 0.1) is 11.9 Å². The lowest BCUT2D eigenvalue weighted by Gasteiger charge is -2.26. The fraction of sp³-hybridized carbons (Fsp3) is 0.273. The van der Waals surface area contributed by atoms with E-state index in [0.29, 0.717) is 40.7 Å². The van der Waals surface area contributed by atoms with Gasteiger partial charge in [0.25, 0.3) is 0 Å². The molecule has 1 aliphatic rings. The molecule has 2 aromatic heterocycles. The van der Waals surface area contributed by atoms with Crippen LogP contribution in [0.15, 0.2) is 43.1 Å². The molecule has 6 nitrogen and oxygen atoms in total. The Morgan fingerprint density at radius 3 is 2.77 bits per heavy atom. The summed E-state index contributed by atoms with van der Waals surface area (Å²) in [6.07, 6.45) is 5.63. The van der Waals surface area contributed by atoms with Gasteiger partial charge in [-0.2, -0.15) is 9.61 Å². The van der Waals surface area contributed by atoms with Gasteiger partial charge in [0.1, 0.15) is 13.7 Å². The average Bonchev–Trinajstić information content (AvgIpc) is 3.16. The number of anilines is 1. The Hall–Kier alpha value is -2.71. The number of nitrogens with two attached hydrogens (primary N) is 1. The molecule has 3 aromatic rings. The topological polar surface area (TPSA) is 76.5 Å². The van der Waals surface area contributed by atoms with Crippen LogP contribution in [0.1, 0.15) is 22.4 Å². The molecule has 152 valence electrons. The van der Waals surface area contributed by atoms with Crippen LogP contribution in [0.4, 0.5) is 5.82 Å². The summed E-state index contributed by atoms with van der Waals surface area (Å²) in [5.74, 6) is 1.73. The van der Waals surface area contributed by atoms with E-state index < -0.39 is 10.8 Å². The minimum absolute atomic E-state index is 0.376. The second-order valence-electron chi connectivity index (χ2n) is 7.44. The lowest BCUT2D eigenvalue weighted by molar-refractivity contribution is 0.289. The number of aromatic nitrogens is 3. The van der Waals surface area contributed by atoms with Crippen LogP contribution in [0.3, 0.4) is 0 Å². The van der Waals surface area contributed by atoms with Crippen molar-refractivity contribution in [3.63, 3.8) is 0 Å². The summed E-state index contributed by atoms with van der Waals surface area (Å²) < 4.78 is 13.2. The molecule has 0 spiro atoms. The highest BCUT2D eigenvalue weighted by molar-refractivity contribution is 7.85. The van der Waals surface area contributed by atoms with Crippen molar-refractivity contribution in [3.8, 4) is 0 Å². The average molecular weight is 417 g/mol. The first-order valence-corrected chi connectivity index (χ1v) is 11.4. The van der Waals surface area contributed by atoms with Gasteiger partial charge in [0.2, 0.25) is 0 Å². The summed E-state index contributed by atoms with van der Waals surface area (Å²) in [5, 5.41) is 4.42. The number of nitrogen functional groups attached to an aromatic ring is 1. The quantitative estimate of drug-likeness (QED) is 0.505. The Bertz CT molecular complexity index is 1160. The molecule has 0 bridgehead atoms. The van der Waals surface area contributed by atoms with Crippen molar-refractivity contribution in [2.75, 3.05) is 30.3 Å². The van der Waals surface area contributed by atoms with E-state index >= 15 is 0 Å². The predicted molar refractivity (Wildman–Crippen MR) is 125 cm³/mol. The Morgan fingerprint density at radius 1 is 1.33 bits per heavy atom. The zero-order chi connectivity index (χ0) is 21.3. The maximum atomic E-state index is 11.6. The molecule has 0 unspecified atom stereocenters. The maximum absolute atomic E-state index is 11.6. The van der Waals surface area contributed by atoms with Crippen LogP contribution in [-0.4, -0.2) is 56.1 Å². The van der Waals surface area contributed by atoms with E-state index in [0.717, 1.165) is 29.8 Å². The molecule has 1 aromatic carbocycles. The van der Waals surface area contributed by atoms with Gasteiger partial charge in [-0.1, -0.05) is 36.9 Å². The SMILES string of the molecule is [B]c1c(CN2CCS(=O)CC2)nc2c(/C(C=C)=C/c3ccccc3C)cnn2c1N. The fourth-order valence-electron chi connectivity index (χ4n) is 3.61. The molecule has 0 aliphatic carbocycles. The molecule has 1 fully saturated rings. The van der Waals surface area contributed by atoms with Crippen molar-refractivity contribution >= 4 is 47.2 Å². The van der Waals surface area contributed by atoms with Crippen molar-refractivity contribution in [1.82, 2.24) is 19.5 Å². The van der Waals surface area contributed by atoms with Gasteiger partial charge < -0.3 is 5.73 Å². The largest absolute Gasteiger partial charge is 0.384 e. The molecule has 30 heavy (non-hydrogen) atoms. The molecule has 1 saturated heterocycles. The third-order valence-electron chi connectivity index (χ3n) is 5.47. The van der Waals surface area contributed by atoms with Crippen LogP contribution in [0.25, 0.3) is 17.3 Å². The van der Waals surface area contributed by atoms with Crippen LogP contribution < -0.4 is 11.2 Å². The van der Waals surface area contributed by atoms with Crippen molar-refractivity contribution < 1.29 is 4.21 Å². The number of hydrogen-bond acceptors (Lipinski definition) is 5. The Morgan fingerprint density at radius 2 is 2.07 bits per heavy atom. The number of fused-ring (bicyclic) bond motifs is 1. The van der Waals surface area contributed by atoms with E-state index in [-0.39, 0.29) is 0 Å². The standard InChI is InChI=1S/C22H24BN5OS/c1-3-16(12-17-7-5-4-6-15(17)2)18-13-25-28-21(24)20(23)19(26-22(18)28)14-27-8-10-30(29)11-9-27/h3-7,12-13H,1,8-11,14,24H2,2H3/b16-12+. The minimum Gasteiger partial charge on any atom is -0.384 e. The third kappa shape index (κ3) is 3.97. The highest BCUT2D eigenvalue weighted by Gasteiger charge is 2.20. The molecular weight excluding hydrogens is 393 g/mol. The third-order valence-corrected chi connectivity index (χ3v) is 6.75. The summed E-state index contributed by atoms with van der Waals surface area (Å²) in [7, 11) is 5.56. The molecule has 8 heteroatoms. The van der Waals surface area contributed by atoms with E-state index in [1.165, 1.54) is 5.56 Å². The van der Waals surface area contributed by atoms with E-state index in [9.17, 15) is 4.21 Å². The van der Waals surface area contributed by atoms with Crippen molar-refractivity contribution in [2.45, 2.75) is 13.5 Å². The summed E-state index contributed by atoms with van der Waals surface area (Å²) in [4.78, 5) is 7.04. The molecule has 0 atom stereocenters. The fourth-order valence-corrected chi connectivity index (χ4v) is 4.74. The van der Waals surface area contributed by atoms with Gasteiger partial charge in [-0.25, -0.2) is 4.98 Å². The Balaban J connectivity index is 1.76. The van der Waals surface area contributed by atoms with Gasteiger partial charge in [0, 0.05) is 47.5 Å². The van der Waals surface area contributed by atoms with Gasteiger partial charge >= 0.3 is 0 Å². The predicted octanol–water partition coefficient (Wildman–Crippen LogP) is 1.70. The van der Waals surface area contributed by atoms with E-state index in [4.69, 9.17) is 18.6 Å². The molecule has 2 radical (unpaired) electrons. The molecule has 3 heterocycles. The number of nitrogens with zero attached hydrogens (tertiary/aromatic N) is 4. The highest BCUT2D eigenvalue weighted by atomic mass is 32.2. The number of rotatable bonds is 5. The number of benzene rings is 1. The summed E-state index contributed by atoms with van der Waals surface area (Å²) in [6, 6.07) is 8.17. The second kappa shape index (κ2) is 8.57. The lowest BCUT2D eigenvalue weighted by Crippen LogP contribution is -2.39. The van der Waals surface area contributed by atoms with Crippen LogP contribution in [-0.2, 0) is 17.3 Å². The number of allylic oxidation sites excluding steroid dienone is 2. The van der Waals surface area contributed by atoms with Crippen LogP contribution >= 0.6 is 0 Å². The number of aryl methyl sites for hydroxylation is 1. The smallest absolute Gasteiger partial charge is 0.165 e. The first-order valence-electron chi connectivity index (χ1n) is 9.87. The summed E-state index contributed by atoms with van der Waals surface area (Å²) in [5.41, 5.74) is 12.1. The van der Waals surface area contributed by atoms with Gasteiger partial charge in [-0.15, -0.1) is 0 Å². The summed E-state index contributed by atoms with van der Waals surface area (Å²) in [6.45, 7) is 8.15. The molecule has 0 saturated carbocycles. The van der Waals surface area contributed by atoms with E-state index in [2.05, 4.69) is 41.7 Å². The zero-order valence-corrected chi connectivity index (χ0v) is 17.9. The summed E-state index contributed by atoms with van der Waals surface area (Å²) >= 11 is 0. The van der Waals surface area contributed by atoms with E-state index in [1.54, 1.807) is 16.8 Å². The second-order valence-corrected chi connectivity index (χ2v) is 9.13.